The van der Waals surface area contributed by atoms with Crippen molar-refractivity contribution in [3.63, 3.8) is 0 Å². The molecular formula is C14H13N3O4. The van der Waals surface area contributed by atoms with Gasteiger partial charge in [0.2, 0.25) is 0 Å². The number of nitro benzene ring substituents is 1. The lowest BCUT2D eigenvalue weighted by molar-refractivity contribution is -0.384. The molecule has 0 fully saturated rings. The molecule has 0 unspecified atom stereocenters. The highest BCUT2D eigenvalue weighted by Crippen LogP contribution is 2.28. The molecule has 7 nitrogen and oxygen atoms in total. The summed E-state index contributed by atoms with van der Waals surface area (Å²) >= 11 is 0. The Bertz CT molecular complexity index is 696. The van der Waals surface area contributed by atoms with Crippen LogP contribution in [0.2, 0.25) is 0 Å². The van der Waals surface area contributed by atoms with Crippen molar-refractivity contribution in [2.45, 2.75) is 6.92 Å². The Morgan fingerprint density at radius 2 is 1.95 bits per heavy atom. The van der Waals surface area contributed by atoms with Crippen molar-refractivity contribution in [3.8, 4) is 11.5 Å². The lowest BCUT2D eigenvalue weighted by atomic mass is 10.2. The molecule has 2 rings (SSSR count). The highest BCUT2D eigenvalue weighted by molar-refractivity contribution is 5.97. The van der Waals surface area contributed by atoms with Crippen LogP contribution >= 0.6 is 0 Å². The maximum absolute atomic E-state index is 10.7. The van der Waals surface area contributed by atoms with Crippen LogP contribution < -0.4 is 10.5 Å². The third-order valence-corrected chi connectivity index (χ3v) is 2.85. The number of nitrogens with zero attached hydrogens (tertiary/aromatic N) is 2. The van der Waals surface area contributed by atoms with Crippen molar-refractivity contribution in [1.82, 2.24) is 0 Å². The molecule has 0 radical (unpaired) electrons. The van der Waals surface area contributed by atoms with Crippen molar-refractivity contribution in [1.29, 1.82) is 0 Å². The zero-order chi connectivity index (χ0) is 15.4. The first kappa shape index (κ1) is 14.3. The number of hydrogen-bond donors (Lipinski definition) is 2. The van der Waals surface area contributed by atoms with Gasteiger partial charge < -0.3 is 15.7 Å². The molecular weight excluding hydrogens is 274 g/mol. The third-order valence-electron chi connectivity index (χ3n) is 2.85. The highest BCUT2D eigenvalue weighted by Gasteiger charge is 2.09. The standard InChI is InChI=1S/C14H13N3O4/c1-9-8-11(17(19)20)4-7-13(9)21-12-5-2-10(3-6-12)14(15)16-18/h2-8,18H,1H3,(H2,15,16). The molecule has 0 saturated carbocycles. The van der Waals surface area contributed by atoms with E-state index in [-0.39, 0.29) is 11.5 Å². The van der Waals surface area contributed by atoms with Crippen molar-refractivity contribution < 1.29 is 14.9 Å². The van der Waals surface area contributed by atoms with Gasteiger partial charge in [-0.25, -0.2) is 0 Å². The molecule has 7 heteroatoms. The van der Waals surface area contributed by atoms with Crippen LogP contribution in [-0.2, 0) is 0 Å². The van der Waals surface area contributed by atoms with Crippen LogP contribution in [0.3, 0.4) is 0 Å². The van der Waals surface area contributed by atoms with Crippen molar-refractivity contribution in [2.24, 2.45) is 10.9 Å². The number of amidine groups is 1. The van der Waals surface area contributed by atoms with Gasteiger partial charge in [0.15, 0.2) is 5.84 Å². The second kappa shape index (κ2) is 5.91. The first-order valence-electron chi connectivity index (χ1n) is 6.02. The van der Waals surface area contributed by atoms with Gasteiger partial charge in [0.05, 0.1) is 4.92 Å². The van der Waals surface area contributed by atoms with E-state index in [0.717, 1.165) is 0 Å². The van der Waals surface area contributed by atoms with Crippen LogP contribution in [0.15, 0.2) is 47.6 Å². The predicted molar refractivity (Wildman–Crippen MR) is 76.9 cm³/mol. The molecule has 0 atom stereocenters. The molecule has 3 N–H and O–H groups in total. The van der Waals surface area contributed by atoms with Crippen LogP contribution in [0, 0.1) is 17.0 Å². The van der Waals surface area contributed by atoms with Gasteiger partial charge in [-0.3, -0.25) is 10.1 Å². The minimum Gasteiger partial charge on any atom is -0.457 e. The van der Waals surface area contributed by atoms with Gasteiger partial charge in [0, 0.05) is 17.7 Å². The normalized spacial score (nSPS) is 11.2. The number of benzene rings is 2. The summed E-state index contributed by atoms with van der Waals surface area (Å²) in [6.45, 7) is 1.73. The lowest BCUT2D eigenvalue weighted by Crippen LogP contribution is -2.12. The van der Waals surface area contributed by atoms with Crippen LogP contribution in [0.4, 0.5) is 5.69 Å². The summed E-state index contributed by atoms with van der Waals surface area (Å²) in [5, 5.41) is 22.2. The van der Waals surface area contributed by atoms with Crippen LogP contribution in [0.25, 0.3) is 0 Å². The van der Waals surface area contributed by atoms with Crippen LogP contribution in [0.5, 0.6) is 11.5 Å². The fourth-order valence-electron chi connectivity index (χ4n) is 1.74. The maximum atomic E-state index is 10.7. The molecule has 0 aromatic heterocycles. The van der Waals surface area contributed by atoms with Gasteiger partial charge >= 0.3 is 0 Å². The monoisotopic (exact) mass is 287 g/mol. The second-order valence-corrected chi connectivity index (χ2v) is 4.32. The number of nitro groups is 1. The van der Waals surface area contributed by atoms with Gasteiger partial charge in [0.1, 0.15) is 11.5 Å². The SMILES string of the molecule is Cc1cc([N+](=O)[O-])ccc1Oc1ccc(/C(N)=N/O)cc1. The number of nitrogens with two attached hydrogens (primary N) is 1. The lowest BCUT2D eigenvalue weighted by Gasteiger charge is -2.09. The second-order valence-electron chi connectivity index (χ2n) is 4.32. The summed E-state index contributed by atoms with van der Waals surface area (Å²) in [5.74, 6) is 1.08. The summed E-state index contributed by atoms with van der Waals surface area (Å²) in [6.07, 6.45) is 0. The highest BCUT2D eigenvalue weighted by atomic mass is 16.6. The van der Waals surface area contributed by atoms with Gasteiger partial charge in [-0.15, -0.1) is 0 Å². The summed E-state index contributed by atoms with van der Waals surface area (Å²) in [6, 6.07) is 11.0. The van der Waals surface area contributed by atoms with E-state index in [1.54, 1.807) is 37.3 Å². The Balaban J connectivity index is 2.20. The average molecular weight is 287 g/mol. The van der Waals surface area contributed by atoms with E-state index in [9.17, 15) is 10.1 Å². The van der Waals surface area contributed by atoms with E-state index >= 15 is 0 Å². The van der Waals surface area contributed by atoms with E-state index in [2.05, 4.69) is 5.16 Å². The summed E-state index contributed by atoms with van der Waals surface area (Å²) in [7, 11) is 0. The van der Waals surface area contributed by atoms with E-state index < -0.39 is 4.92 Å². The van der Waals surface area contributed by atoms with Crippen molar-refractivity contribution in [2.75, 3.05) is 0 Å². The molecule has 0 aliphatic heterocycles. The summed E-state index contributed by atoms with van der Waals surface area (Å²) in [4.78, 5) is 10.2. The number of rotatable bonds is 4. The fourth-order valence-corrected chi connectivity index (χ4v) is 1.74. The number of ether oxygens (including phenoxy) is 1. The molecule has 108 valence electrons. The smallest absolute Gasteiger partial charge is 0.269 e. The minimum atomic E-state index is -0.456. The number of oxime groups is 1. The van der Waals surface area contributed by atoms with Crippen molar-refractivity contribution >= 4 is 11.5 Å². The molecule has 2 aromatic rings. The van der Waals surface area contributed by atoms with Crippen LogP contribution in [0.1, 0.15) is 11.1 Å². The van der Waals surface area contributed by atoms with Gasteiger partial charge in [-0.2, -0.15) is 0 Å². The fraction of sp³-hybridized carbons (Fsp3) is 0.0714. The molecule has 0 bridgehead atoms. The summed E-state index contributed by atoms with van der Waals surface area (Å²) < 4.78 is 5.65. The minimum absolute atomic E-state index is 0.00747. The summed E-state index contributed by atoms with van der Waals surface area (Å²) in [5.41, 5.74) is 6.69. The Morgan fingerprint density at radius 1 is 1.29 bits per heavy atom. The largest absolute Gasteiger partial charge is 0.457 e. The van der Waals surface area contributed by atoms with E-state index in [1.807, 2.05) is 0 Å². The zero-order valence-electron chi connectivity index (χ0n) is 11.2. The molecule has 0 amide bonds. The number of hydrogen-bond acceptors (Lipinski definition) is 5. The molecule has 2 aromatic carbocycles. The molecule has 0 saturated heterocycles. The Morgan fingerprint density at radius 3 is 2.48 bits per heavy atom. The Labute approximate surface area is 120 Å². The first-order chi connectivity index (χ1) is 10.0. The van der Waals surface area contributed by atoms with E-state index in [4.69, 9.17) is 15.7 Å². The average Bonchev–Trinajstić information content (AvgIpc) is 2.49. The van der Waals surface area contributed by atoms with Crippen molar-refractivity contribution in [3.05, 3.63) is 63.7 Å². The van der Waals surface area contributed by atoms with Crippen LogP contribution in [-0.4, -0.2) is 16.0 Å². The molecule has 0 spiro atoms. The maximum Gasteiger partial charge on any atom is 0.269 e. The van der Waals surface area contributed by atoms with Gasteiger partial charge in [0.25, 0.3) is 5.69 Å². The van der Waals surface area contributed by atoms with E-state index in [0.29, 0.717) is 22.6 Å². The first-order valence-corrected chi connectivity index (χ1v) is 6.02. The Hall–Kier alpha value is -3.09. The van der Waals surface area contributed by atoms with Gasteiger partial charge in [-0.1, -0.05) is 5.16 Å². The molecule has 0 aliphatic rings. The number of aryl methyl sites for hydroxylation is 1. The zero-order valence-corrected chi connectivity index (χ0v) is 11.2. The van der Waals surface area contributed by atoms with Gasteiger partial charge in [-0.05, 0) is 42.8 Å². The Kier molecular flexibility index (Phi) is 4.03. The topological polar surface area (TPSA) is 111 Å². The number of non-ortho nitro benzene ring substituents is 1. The third kappa shape index (κ3) is 3.27. The molecule has 0 heterocycles. The van der Waals surface area contributed by atoms with E-state index in [1.165, 1.54) is 12.1 Å². The quantitative estimate of drug-likeness (QED) is 0.295. The molecule has 0 aliphatic carbocycles. The predicted octanol–water partition coefficient (Wildman–Crippen LogP) is 2.79. The molecule has 21 heavy (non-hydrogen) atoms.